The Hall–Kier alpha value is -1.32. The quantitative estimate of drug-likeness (QED) is 0.930. The van der Waals surface area contributed by atoms with E-state index in [2.05, 4.69) is 15.9 Å². The van der Waals surface area contributed by atoms with E-state index >= 15 is 0 Å². The van der Waals surface area contributed by atoms with Gasteiger partial charge >= 0.3 is 0 Å². The maximum Gasteiger partial charge on any atom is 0.126 e. The topological polar surface area (TPSA) is 29.5 Å². The zero-order valence-corrected chi connectivity index (χ0v) is 11.8. The molecule has 0 unspecified atom stereocenters. The average molecular weight is 307 g/mol. The number of benzene rings is 2. The molecule has 0 spiro atoms. The van der Waals surface area contributed by atoms with Gasteiger partial charge in [-0.05, 0) is 30.2 Å². The first-order chi connectivity index (χ1) is 8.70. The molecule has 94 valence electrons. The van der Waals surface area contributed by atoms with Gasteiger partial charge < -0.3 is 9.84 Å². The number of hydrogen-bond acceptors (Lipinski definition) is 2. The fourth-order valence-corrected chi connectivity index (χ4v) is 2.44. The molecule has 0 atom stereocenters. The minimum absolute atomic E-state index is 0.0367. The summed E-state index contributed by atoms with van der Waals surface area (Å²) >= 11 is 3.44. The van der Waals surface area contributed by atoms with Crippen molar-refractivity contribution in [3.63, 3.8) is 0 Å². The lowest BCUT2D eigenvalue weighted by Crippen LogP contribution is -2.00. The molecule has 0 saturated heterocycles. The van der Waals surface area contributed by atoms with E-state index in [4.69, 9.17) is 4.74 Å². The minimum atomic E-state index is -0.0367. The van der Waals surface area contributed by atoms with E-state index in [0.29, 0.717) is 6.61 Å². The molecule has 2 aromatic rings. The molecule has 0 aliphatic rings. The van der Waals surface area contributed by atoms with Crippen molar-refractivity contribution in [2.45, 2.75) is 20.1 Å². The first-order valence-electron chi connectivity index (χ1n) is 5.77. The van der Waals surface area contributed by atoms with Crippen molar-refractivity contribution >= 4 is 15.9 Å². The van der Waals surface area contributed by atoms with Gasteiger partial charge in [-0.1, -0.05) is 46.3 Å². The SMILES string of the molecule is Cc1cc(Br)c(CO)c(OCc2ccccc2)c1. The summed E-state index contributed by atoms with van der Waals surface area (Å²) in [5.41, 5.74) is 3.00. The van der Waals surface area contributed by atoms with Gasteiger partial charge in [-0.15, -0.1) is 0 Å². The van der Waals surface area contributed by atoms with Crippen molar-refractivity contribution in [2.24, 2.45) is 0 Å². The molecule has 3 heteroatoms. The molecule has 0 bridgehead atoms. The summed E-state index contributed by atoms with van der Waals surface area (Å²) in [6.45, 7) is 2.47. The van der Waals surface area contributed by atoms with Crippen LogP contribution in [0.25, 0.3) is 0 Å². The monoisotopic (exact) mass is 306 g/mol. The van der Waals surface area contributed by atoms with Crippen LogP contribution in [-0.2, 0) is 13.2 Å². The summed E-state index contributed by atoms with van der Waals surface area (Å²) in [4.78, 5) is 0. The van der Waals surface area contributed by atoms with Gasteiger partial charge in [0.15, 0.2) is 0 Å². The van der Waals surface area contributed by atoms with Crippen molar-refractivity contribution in [3.05, 3.63) is 63.6 Å². The Kier molecular flexibility index (Phi) is 4.39. The second-order valence-electron chi connectivity index (χ2n) is 4.16. The Bertz CT molecular complexity index is 524. The summed E-state index contributed by atoms with van der Waals surface area (Å²) in [7, 11) is 0. The van der Waals surface area contributed by atoms with Crippen LogP contribution in [0.1, 0.15) is 16.7 Å². The number of rotatable bonds is 4. The number of aliphatic hydroxyl groups excluding tert-OH is 1. The predicted octanol–water partition coefficient (Wildman–Crippen LogP) is 3.83. The molecular formula is C15H15BrO2. The molecule has 0 aliphatic carbocycles. The maximum absolute atomic E-state index is 9.38. The van der Waals surface area contributed by atoms with Crippen molar-refractivity contribution in [1.82, 2.24) is 0 Å². The Morgan fingerprint density at radius 3 is 2.56 bits per heavy atom. The van der Waals surface area contributed by atoms with Crippen LogP contribution in [0.5, 0.6) is 5.75 Å². The van der Waals surface area contributed by atoms with Crippen LogP contribution < -0.4 is 4.74 Å². The summed E-state index contributed by atoms with van der Waals surface area (Å²) in [5.74, 6) is 0.730. The van der Waals surface area contributed by atoms with Crippen molar-refractivity contribution < 1.29 is 9.84 Å². The lowest BCUT2D eigenvalue weighted by Gasteiger charge is -2.13. The van der Waals surface area contributed by atoms with Crippen LogP contribution in [-0.4, -0.2) is 5.11 Å². The summed E-state index contributed by atoms with van der Waals surface area (Å²) in [6, 6.07) is 13.9. The van der Waals surface area contributed by atoms with Gasteiger partial charge in [0.25, 0.3) is 0 Å². The normalized spacial score (nSPS) is 10.4. The molecule has 0 fully saturated rings. The van der Waals surface area contributed by atoms with Gasteiger partial charge in [-0.3, -0.25) is 0 Å². The average Bonchev–Trinajstić information content (AvgIpc) is 2.37. The molecule has 0 amide bonds. The number of halogens is 1. The Balaban J connectivity index is 2.18. The number of ether oxygens (including phenoxy) is 1. The molecule has 0 radical (unpaired) electrons. The second-order valence-corrected chi connectivity index (χ2v) is 5.01. The first kappa shape index (κ1) is 13.1. The van der Waals surface area contributed by atoms with Crippen LogP contribution in [0.15, 0.2) is 46.9 Å². The van der Waals surface area contributed by atoms with Gasteiger partial charge in [-0.2, -0.15) is 0 Å². The lowest BCUT2D eigenvalue weighted by molar-refractivity contribution is 0.258. The smallest absolute Gasteiger partial charge is 0.126 e. The molecule has 0 heterocycles. The molecule has 0 aromatic heterocycles. The van der Waals surface area contributed by atoms with E-state index < -0.39 is 0 Å². The van der Waals surface area contributed by atoms with Crippen LogP contribution in [0.4, 0.5) is 0 Å². The van der Waals surface area contributed by atoms with Crippen molar-refractivity contribution in [2.75, 3.05) is 0 Å². The van der Waals surface area contributed by atoms with E-state index in [9.17, 15) is 5.11 Å². The maximum atomic E-state index is 9.38. The Morgan fingerprint density at radius 1 is 1.17 bits per heavy atom. The van der Waals surface area contributed by atoms with E-state index in [0.717, 1.165) is 26.9 Å². The van der Waals surface area contributed by atoms with Crippen LogP contribution in [0.2, 0.25) is 0 Å². The number of hydrogen-bond donors (Lipinski definition) is 1. The van der Waals surface area contributed by atoms with E-state index in [1.165, 1.54) is 0 Å². The molecule has 0 saturated carbocycles. The first-order valence-corrected chi connectivity index (χ1v) is 6.56. The standard InChI is InChI=1S/C15H15BrO2/c1-11-7-14(16)13(9-17)15(8-11)18-10-12-5-3-2-4-6-12/h2-8,17H,9-10H2,1H3. The lowest BCUT2D eigenvalue weighted by atomic mass is 10.1. The Labute approximate surface area is 115 Å². The van der Waals surface area contributed by atoms with E-state index in [1.807, 2.05) is 49.4 Å². The van der Waals surface area contributed by atoms with E-state index in [1.54, 1.807) is 0 Å². The molecular weight excluding hydrogens is 292 g/mol. The van der Waals surface area contributed by atoms with Gasteiger partial charge in [-0.25, -0.2) is 0 Å². The fraction of sp³-hybridized carbons (Fsp3) is 0.200. The van der Waals surface area contributed by atoms with Crippen LogP contribution in [0.3, 0.4) is 0 Å². The van der Waals surface area contributed by atoms with Gasteiger partial charge in [0.1, 0.15) is 12.4 Å². The van der Waals surface area contributed by atoms with Crippen LogP contribution in [0, 0.1) is 6.92 Å². The van der Waals surface area contributed by atoms with Crippen LogP contribution >= 0.6 is 15.9 Å². The summed E-state index contributed by atoms with van der Waals surface area (Å²) in [5, 5.41) is 9.38. The number of aryl methyl sites for hydroxylation is 1. The highest BCUT2D eigenvalue weighted by molar-refractivity contribution is 9.10. The molecule has 2 rings (SSSR count). The third-order valence-corrected chi connectivity index (χ3v) is 3.40. The highest BCUT2D eigenvalue weighted by Crippen LogP contribution is 2.29. The molecule has 18 heavy (non-hydrogen) atoms. The zero-order valence-electron chi connectivity index (χ0n) is 10.2. The summed E-state index contributed by atoms with van der Waals surface area (Å²) in [6.07, 6.45) is 0. The van der Waals surface area contributed by atoms with E-state index in [-0.39, 0.29) is 6.61 Å². The fourth-order valence-electron chi connectivity index (χ4n) is 1.76. The third-order valence-electron chi connectivity index (χ3n) is 2.69. The minimum Gasteiger partial charge on any atom is -0.488 e. The van der Waals surface area contributed by atoms with Gasteiger partial charge in [0.05, 0.1) is 6.61 Å². The molecule has 0 aliphatic heterocycles. The summed E-state index contributed by atoms with van der Waals surface area (Å²) < 4.78 is 6.67. The largest absolute Gasteiger partial charge is 0.488 e. The van der Waals surface area contributed by atoms with Crippen molar-refractivity contribution in [1.29, 1.82) is 0 Å². The van der Waals surface area contributed by atoms with Crippen molar-refractivity contribution in [3.8, 4) is 5.75 Å². The zero-order chi connectivity index (χ0) is 13.0. The predicted molar refractivity (Wildman–Crippen MR) is 75.6 cm³/mol. The number of aliphatic hydroxyl groups is 1. The highest BCUT2D eigenvalue weighted by Gasteiger charge is 2.08. The molecule has 2 aromatic carbocycles. The third kappa shape index (κ3) is 3.12. The Morgan fingerprint density at radius 2 is 1.89 bits per heavy atom. The highest BCUT2D eigenvalue weighted by atomic mass is 79.9. The van der Waals surface area contributed by atoms with Gasteiger partial charge in [0, 0.05) is 10.0 Å². The molecule has 2 nitrogen and oxygen atoms in total. The van der Waals surface area contributed by atoms with Gasteiger partial charge in [0.2, 0.25) is 0 Å². The molecule has 1 N–H and O–H groups in total. The second kappa shape index (κ2) is 6.03.